The van der Waals surface area contributed by atoms with Crippen molar-refractivity contribution in [2.24, 2.45) is 33.5 Å². The number of fused-ring (bicyclic) bond motifs is 1. The van der Waals surface area contributed by atoms with Gasteiger partial charge in [0.2, 0.25) is 0 Å². The van der Waals surface area contributed by atoms with Crippen LogP contribution in [0.4, 0.5) is 0 Å². The zero-order valence-electron chi connectivity index (χ0n) is 11.9. The topological polar surface area (TPSA) is 0 Å². The van der Waals surface area contributed by atoms with Crippen LogP contribution in [0.2, 0.25) is 0 Å². The smallest absolute Gasteiger partial charge is 0.0184 e. The van der Waals surface area contributed by atoms with E-state index >= 15 is 0 Å². The van der Waals surface area contributed by atoms with Gasteiger partial charge in [0.05, 0.1) is 0 Å². The predicted molar refractivity (Wildman–Crippen MR) is 66.7 cm³/mol. The Bertz CT molecular complexity index is 286. The first-order valence-corrected chi connectivity index (χ1v) is 6.57. The molecule has 0 amide bonds. The minimum atomic E-state index is 0.487. The van der Waals surface area contributed by atoms with E-state index in [-0.39, 0.29) is 0 Å². The Balaban J connectivity index is 2.49. The van der Waals surface area contributed by atoms with E-state index in [1.807, 2.05) is 0 Å². The summed E-state index contributed by atoms with van der Waals surface area (Å²) in [7, 11) is 0. The summed E-state index contributed by atoms with van der Waals surface area (Å²) in [5.74, 6) is 1.70. The van der Waals surface area contributed by atoms with Crippen LogP contribution < -0.4 is 0 Å². The summed E-state index contributed by atoms with van der Waals surface area (Å²) >= 11 is 0. The van der Waals surface area contributed by atoms with Crippen molar-refractivity contribution in [1.82, 2.24) is 0 Å². The molecule has 0 radical (unpaired) electrons. The highest BCUT2D eigenvalue weighted by Crippen LogP contribution is 2.89. The SMILES string of the molecule is CC(C)C1(C)C(C)(C)C2(C)C(C)CC12C. The van der Waals surface area contributed by atoms with E-state index in [4.69, 9.17) is 0 Å². The van der Waals surface area contributed by atoms with Crippen LogP contribution in [0.25, 0.3) is 0 Å². The number of hydrogen-bond acceptors (Lipinski definition) is 0. The van der Waals surface area contributed by atoms with E-state index < -0.39 is 0 Å². The van der Waals surface area contributed by atoms with Crippen molar-refractivity contribution in [3.05, 3.63) is 0 Å². The Hall–Kier alpha value is 0. The highest BCUT2D eigenvalue weighted by atomic mass is 14.9. The maximum atomic E-state index is 2.54. The van der Waals surface area contributed by atoms with Crippen LogP contribution in [0.15, 0.2) is 0 Å². The quantitative estimate of drug-likeness (QED) is 0.584. The molecular weight excluding hydrogens is 180 g/mol. The van der Waals surface area contributed by atoms with Gasteiger partial charge in [-0.25, -0.2) is 0 Å². The molecule has 88 valence electrons. The molecule has 4 unspecified atom stereocenters. The molecule has 0 heteroatoms. The van der Waals surface area contributed by atoms with Crippen molar-refractivity contribution in [2.45, 2.75) is 61.8 Å². The fourth-order valence-corrected chi connectivity index (χ4v) is 6.02. The normalized spacial score (nSPS) is 57.0. The molecule has 0 aromatic carbocycles. The predicted octanol–water partition coefficient (Wildman–Crippen LogP) is 4.74. The van der Waals surface area contributed by atoms with Crippen LogP contribution >= 0.6 is 0 Å². The van der Waals surface area contributed by atoms with Crippen molar-refractivity contribution in [3.8, 4) is 0 Å². The second-order valence-corrected chi connectivity index (χ2v) is 7.62. The Morgan fingerprint density at radius 2 is 1.47 bits per heavy atom. The Labute approximate surface area is 95.8 Å². The van der Waals surface area contributed by atoms with Gasteiger partial charge in [-0.3, -0.25) is 0 Å². The maximum Gasteiger partial charge on any atom is -0.0184 e. The summed E-state index contributed by atoms with van der Waals surface area (Å²) in [5.41, 5.74) is 2.15. The van der Waals surface area contributed by atoms with Crippen molar-refractivity contribution < 1.29 is 0 Å². The molecule has 2 rings (SSSR count). The van der Waals surface area contributed by atoms with E-state index in [2.05, 4.69) is 55.4 Å². The molecule has 0 saturated heterocycles. The molecule has 0 heterocycles. The van der Waals surface area contributed by atoms with Gasteiger partial charge in [-0.1, -0.05) is 55.4 Å². The number of hydrogen-bond donors (Lipinski definition) is 0. The summed E-state index contributed by atoms with van der Waals surface area (Å²) in [4.78, 5) is 0. The van der Waals surface area contributed by atoms with Gasteiger partial charge in [-0.2, -0.15) is 0 Å². The lowest BCUT2D eigenvalue weighted by atomic mass is 9.16. The van der Waals surface area contributed by atoms with Crippen LogP contribution in [0.1, 0.15) is 61.8 Å². The first kappa shape index (κ1) is 11.5. The highest BCUT2D eigenvalue weighted by molar-refractivity contribution is 5.31. The molecule has 2 aliphatic rings. The molecule has 0 aromatic heterocycles. The van der Waals surface area contributed by atoms with Crippen molar-refractivity contribution in [2.75, 3.05) is 0 Å². The molecule has 2 aliphatic carbocycles. The highest BCUT2D eigenvalue weighted by Gasteiger charge is 2.84. The van der Waals surface area contributed by atoms with Crippen molar-refractivity contribution in [3.63, 3.8) is 0 Å². The average molecular weight is 208 g/mol. The fourth-order valence-electron chi connectivity index (χ4n) is 6.02. The fraction of sp³-hybridized carbons (Fsp3) is 1.00. The van der Waals surface area contributed by atoms with Crippen LogP contribution in [0.3, 0.4) is 0 Å². The molecule has 4 atom stereocenters. The molecule has 2 saturated carbocycles. The Morgan fingerprint density at radius 1 is 1.00 bits per heavy atom. The zero-order chi connectivity index (χ0) is 11.9. The first-order valence-electron chi connectivity index (χ1n) is 6.57. The van der Waals surface area contributed by atoms with E-state index in [9.17, 15) is 0 Å². The maximum absolute atomic E-state index is 2.54. The second kappa shape index (κ2) is 2.46. The number of rotatable bonds is 1. The first-order chi connectivity index (χ1) is 6.57. The molecule has 15 heavy (non-hydrogen) atoms. The van der Waals surface area contributed by atoms with E-state index in [0.717, 1.165) is 11.8 Å². The molecule has 0 spiro atoms. The monoisotopic (exact) mass is 208 g/mol. The van der Waals surface area contributed by atoms with Gasteiger partial charge in [-0.15, -0.1) is 0 Å². The summed E-state index contributed by atoms with van der Waals surface area (Å²) in [6, 6.07) is 0. The van der Waals surface area contributed by atoms with Crippen LogP contribution in [0, 0.1) is 33.5 Å². The molecule has 0 aliphatic heterocycles. The van der Waals surface area contributed by atoms with Crippen LogP contribution in [0.5, 0.6) is 0 Å². The molecule has 0 nitrogen and oxygen atoms in total. The average Bonchev–Trinajstić information content (AvgIpc) is 2.13. The molecule has 0 bridgehead atoms. The Morgan fingerprint density at radius 3 is 1.73 bits per heavy atom. The lowest BCUT2D eigenvalue weighted by Crippen LogP contribution is -2.83. The van der Waals surface area contributed by atoms with E-state index in [1.165, 1.54) is 6.42 Å². The summed E-state index contributed by atoms with van der Waals surface area (Å²) in [5, 5.41) is 0. The summed E-state index contributed by atoms with van der Waals surface area (Å²) < 4.78 is 0. The van der Waals surface area contributed by atoms with Crippen LogP contribution in [-0.4, -0.2) is 0 Å². The van der Waals surface area contributed by atoms with Gasteiger partial charge in [0.1, 0.15) is 0 Å². The minimum absolute atomic E-state index is 0.487. The second-order valence-electron chi connectivity index (χ2n) is 7.62. The van der Waals surface area contributed by atoms with Gasteiger partial charge in [-0.05, 0) is 39.9 Å². The van der Waals surface area contributed by atoms with Gasteiger partial charge in [0, 0.05) is 0 Å². The van der Waals surface area contributed by atoms with Gasteiger partial charge in [0.15, 0.2) is 0 Å². The third kappa shape index (κ3) is 0.718. The third-order valence-electron chi connectivity index (χ3n) is 7.74. The molecular formula is C15H28. The standard InChI is InChI=1S/C15H28/c1-10(2)14(7)12(4,5)15(8)11(3)9-13(14,15)6/h10-11H,9H2,1-8H3. The zero-order valence-corrected chi connectivity index (χ0v) is 11.9. The summed E-state index contributed by atoms with van der Waals surface area (Å²) in [6.45, 7) is 19.9. The van der Waals surface area contributed by atoms with Gasteiger partial charge >= 0.3 is 0 Å². The van der Waals surface area contributed by atoms with Crippen molar-refractivity contribution >= 4 is 0 Å². The largest absolute Gasteiger partial charge is 0.0622 e. The lowest BCUT2D eigenvalue weighted by molar-refractivity contribution is -0.410. The van der Waals surface area contributed by atoms with Crippen LogP contribution in [-0.2, 0) is 0 Å². The van der Waals surface area contributed by atoms with Gasteiger partial charge in [0.25, 0.3) is 0 Å². The Kier molecular flexibility index (Phi) is 1.88. The lowest BCUT2D eigenvalue weighted by Gasteiger charge is -2.88. The molecule has 0 aromatic rings. The minimum Gasteiger partial charge on any atom is -0.0622 e. The van der Waals surface area contributed by atoms with E-state index in [0.29, 0.717) is 21.7 Å². The molecule has 0 N–H and O–H groups in total. The van der Waals surface area contributed by atoms with Gasteiger partial charge < -0.3 is 0 Å². The summed E-state index contributed by atoms with van der Waals surface area (Å²) in [6.07, 6.45) is 1.43. The van der Waals surface area contributed by atoms with E-state index in [1.54, 1.807) is 0 Å². The third-order valence-corrected chi connectivity index (χ3v) is 7.74. The molecule has 2 fully saturated rings. The van der Waals surface area contributed by atoms with Crippen molar-refractivity contribution in [1.29, 1.82) is 0 Å².